The first-order valence-electron chi connectivity index (χ1n) is 4.29. The Hall–Kier alpha value is -0.410. The number of para-hydroxylation sites is 1. The number of nitrogens with one attached hydrogen (secondary N) is 1. The Balaban J connectivity index is 2.90. The van der Waals surface area contributed by atoms with Crippen LogP contribution in [0.5, 0.6) is 0 Å². The molecule has 0 saturated heterocycles. The van der Waals surface area contributed by atoms with E-state index in [2.05, 4.69) is 4.98 Å². The molecule has 0 bridgehead atoms. The highest BCUT2D eigenvalue weighted by atomic mass is 35.6. The number of H-pyrrole nitrogens is 1. The van der Waals surface area contributed by atoms with Crippen LogP contribution in [0.2, 0.25) is 5.02 Å². The van der Waals surface area contributed by atoms with E-state index in [1.54, 1.807) is 24.3 Å². The average Bonchev–Trinajstić information content (AvgIpc) is 2.22. The number of aromatic nitrogens is 1. The largest absolute Gasteiger partial charge is 0.353 e. The highest BCUT2D eigenvalue weighted by Crippen LogP contribution is 2.40. The van der Waals surface area contributed by atoms with Crippen molar-refractivity contribution in [1.29, 1.82) is 0 Å². The van der Waals surface area contributed by atoms with Gasteiger partial charge >= 0.3 is 0 Å². The summed E-state index contributed by atoms with van der Waals surface area (Å²) in [5.74, 6) is 0. The van der Waals surface area contributed by atoms with Gasteiger partial charge in [-0.05, 0) is 12.1 Å². The van der Waals surface area contributed by atoms with Crippen molar-refractivity contribution in [1.82, 2.24) is 4.98 Å². The molecule has 16 heavy (non-hydrogen) atoms. The maximum Gasteiger partial charge on any atom is 0.232 e. The predicted octanol–water partition coefficient (Wildman–Crippen LogP) is 4.01. The van der Waals surface area contributed by atoms with Crippen LogP contribution in [-0.2, 0) is 3.79 Å². The number of pyridine rings is 1. The van der Waals surface area contributed by atoms with Gasteiger partial charge in [0.1, 0.15) is 5.02 Å². The molecule has 0 spiro atoms. The zero-order valence-corrected chi connectivity index (χ0v) is 10.8. The number of aromatic amines is 1. The normalized spacial score (nSPS) is 12.0. The van der Waals surface area contributed by atoms with Gasteiger partial charge in [-0.2, -0.15) is 0 Å². The minimum atomic E-state index is -1.75. The number of rotatable bonds is 0. The van der Waals surface area contributed by atoms with Crippen LogP contribution in [0.4, 0.5) is 0 Å². The van der Waals surface area contributed by atoms with Crippen LogP contribution in [0.3, 0.4) is 0 Å². The number of hydrogen-bond donors (Lipinski definition) is 1. The molecule has 0 unspecified atom stereocenters. The van der Waals surface area contributed by atoms with Gasteiger partial charge in [-0.15, -0.1) is 0 Å². The van der Waals surface area contributed by atoms with Gasteiger partial charge in [0.25, 0.3) is 0 Å². The maximum absolute atomic E-state index is 11.9. The summed E-state index contributed by atoms with van der Waals surface area (Å²) in [6.45, 7) is 0. The summed E-state index contributed by atoms with van der Waals surface area (Å²) in [5.41, 5.74) is 0.318. The lowest BCUT2D eigenvalue weighted by Gasteiger charge is -2.13. The second-order valence-electron chi connectivity index (χ2n) is 3.19. The van der Waals surface area contributed by atoms with E-state index in [0.717, 1.165) is 0 Å². The first-order valence-corrected chi connectivity index (χ1v) is 5.80. The fraction of sp³-hybridized carbons (Fsp3) is 0.100. The van der Waals surface area contributed by atoms with Crippen molar-refractivity contribution in [3.63, 3.8) is 0 Å². The van der Waals surface area contributed by atoms with E-state index in [1.165, 1.54) is 0 Å². The molecule has 84 valence electrons. The van der Waals surface area contributed by atoms with Crippen LogP contribution in [0.15, 0.2) is 29.1 Å². The number of fused-ring (bicyclic) bond motifs is 1. The summed E-state index contributed by atoms with van der Waals surface area (Å²) in [4.78, 5) is 14.7. The number of alkyl halides is 3. The van der Waals surface area contributed by atoms with Gasteiger partial charge in [0, 0.05) is 10.9 Å². The van der Waals surface area contributed by atoms with Crippen molar-refractivity contribution >= 4 is 57.3 Å². The smallest absolute Gasteiger partial charge is 0.232 e. The number of benzene rings is 1. The molecule has 1 aromatic carbocycles. The highest BCUT2D eigenvalue weighted by molar-refractivity contribution is 6.67. The molecule has 0 atom stereocenters. The van der Waals surface area contributed by atoms with Crippen molar-refractivity contribution < 1.29 is 0 Å². The second-order valence-corrected chi connectivity index (χ2v) is 5.85. The molecule has 0 amide bonds. The third-order valence-corrected chi connectivity index (χ3v) is 3.06. The van der Waals surface area contributed by atoms with Gasteiger partial charge in [0.2, 0.25) is 9.22 Å². The van der Waals surface area contributed by atoms with Gasteiger partial charge in [0.05, 0.1) is 5.69 Å². The minimum Gasteiger partial charge on any atom is -0.353 e. The molecule has 0 aliphatic carbocycles. The SMILES string of the molecule is O=c1c(Cl)c(C(Cl)(Cl)Cl)[nH]c2ccccc12. The zero-order valence-electron chi connectivity index (χ0n) is 7.73. The Kier molecular flexibility index (Phi) is 3.10. The molecule has 0 aliphatic heterocycles. The van der Waals surface area contributed by atoms with E-state index < -0.39 is 3.79 Å². The van der Waals surface area contributed by atoms with Crippen molar-refractivity contribution in [2.75, 3.05) is 0 Å². The van der Waals surface area contributed by atoms with Crippen LogP contribution in [-0.4, -0.2) is 4.98 Å². The molecule has 0 radical (unpaired) electrons. The first kappa shape index (κ1) is 12.1. The van der Waals surface area contributed by atoms with E-state index in [0.29, 0.717) is 10.9 Å². The average molecular weight is 297 g/mol. The Bertz CT molecular complexity index is 600. The zero-order chi connectivity index (χ0) is 11.9. The monoisotopic (exact) mass is 295 g/mol. The fourth-order valence-corrected chi connectivity index (χ4v) is 2.27. The topological polar surface area (TPSA) is 32.9 Å². The Labute approximate surface area is 111 Å². The summed E-state index contributed by atoms with van der Waals surface area (Å²) >= 11 is 23.0. The Morgan fingerprint density at radius 3 is 2.38 bits per heavy atom. The van der Waals surface area contributed by atoms with E-state index in [4.69, 9.17) is 46.4 Å². The third kappa shape index (κ3) is 2.03. The molecule has 2 nitrogen and oxygen atoms in total. The second kappa shape index (κ2) is 4.11. The molecule has 6 heteroatoms. The van der Waals surface area contributed by atoms with Gasteiger partial charge in [0.15, 0.2) is 0 Å². The summed E-state index contributed by atoms with van der Waals surface area (Å²) in [6, 6.07) is 6.88. The summed E-state index contributed by atoms with van der Waals surface area (Å²) < 4.78 is -1.75. The van der Waals surface area contributed by atoms with Gasteiger partial charge in [-0.1, -0.05) is 58.5 Å². The van der Waals surface area contributed by atoms with Crippen molar-refractivity contribution in [2.24, 2.45) is 0 Å². The van der Waals surface area contributed by atoms with Crippen LogP contribution in [0, 0.1) is 0 Å². The van der Waals surface area contributed by atoms with Gasteiger partial charge < -0.3 is 4.98 Å². The molecule has 1 aromatic heterocycles. The summed E-state index contributed by atoms with van der Waals surface area (Å²) in [7, 11) is 0. The lowest BCUT2D eigenvalue weighted by molar-refractivity contribution is 1.11. The molecular weight excluding hydrogens is 292 g/mol. The Morgan fingerprint density at radius 2 is 1.75 bits per heavy atom. The van der Waals surface area contributed by atoms with E-state index >= 15 is 0 Å². The molecular formula is C10H5Cl4NO. The number of halogens is 4. The quantitative estimate of drug-likeness (QED) is 0.732. The van der Waals surface area contributed by atoms with Crippen molar-refractivity contribution in [3.05, 3.63) is 45.2 Å². The van der Waals surface area contributed by atoms with Crippen LogP contribution >= 0.6 is 46.4 Å². The summed E-state index contributed by atoms with van der Waals surface area (Å²) in [6.07, 6.45) is 0. The lowest BCUT2D eigenvalue weighted by atomic mass is 10.2. The molecule has 1 N–H and O–H groups in total. The predicted molar refractivity (Wildman–Crippen MR) is 68.8 cm³/mol. The first-order chi connectivity index (χ1) is 7.41. The standard InChI is InChI=1S/C10H5Cl4NO/c11-7-8(16)5-3-1-2-4-6(5)15-9(7)10(12,13)14/h1-4H,(H,15,16). The van der Waals surface area contributed by atoms with Gasteiger partial charge in [-0.3, -0.25) is 4.79 Å². The van der Waals surface area contributed by atoms with E-state index in [1.807, 2.05) is 0 Å². The van der Waals surface area contributed by atoms with Crippen LogP contribution in [0.25, 0.3) is 10.9 Å². The molecule has 1 heterocycles. The highest BCUT2D eigenvalue weighted by Gasteiger charge is 2.28. The minimum absolute atomic E-state index is 0.0860. The third-order valence-electron chi connectivity index (χ3n) is 2.13. The number of hydrogen-bond acceptors (Lipinski definition) is 1. The van der Waals surface area contributed by atoms with Crippen LogP contribution in [0.1, 0.15) is 5.69 Å². The van der Waals surface area contributed by atoms with Gasteiger partial charge in [-0.25, -0.2) is 0 Å². The molecule has 0 fully saturated rings. The fourth-order valence-electron chi connectivity index (χ4n) is 1.41. The van der Waals surface area contributed by atoms with E-state index in [-0.39, 0.29) is 16.1 Å². The van der Waals surface area contributed by atoms with Crippen LogP contribution < -0.4 is 5.43 Å². The van der Waals surface area contributed by atoms with Crippen molar-refractivity contribution in [3.8, 4) is 0 Å². The molecule has 2 aromatic rings. The molecule has 0 aliphatic rings. The molecule has 0 saturated carbocycles. The Morgan fingerprint density at radius 1 is 1.12 bits per heavy atom. The maximum atomic E-state index is 11.9. The molecule has 2 rings (SSSR count). The van der Waals surface area contributed by atoms with E-state index in [9.17, 15) is 4.79 Å². The lowest BCUT2D eigenvalue weighted by Crippen LogP contribution is -2.14. The van der Waals surface area contributed by atoms with Crippen molar-refractivity contribution in [2.45, 2.75) is 3.79 Å². The summed E-state index contributed by atoms with van der Waals surface area (Å²) in [5, 5.41) is 0.365.